The Morgan fingerprint density at radius 3 is 2.46 bits per heavy atom. The first-order valence-corrected chi connectivity index (χ1v) is 8.10. The van der Waals surface area contributed by atoms with E-state index in [1.807, 2.05) is 32.0 Å². The van der Waals surface area contributed by atoms with Crippen molar-refractivity contribution in [3.63, 3.8) is 0 Å². The monoisotopic (exact) mass is 345 g/mol. The van der Waals surface area contributed by atoms with Gasteiger partial charge in [-0.25, -0.2) is 0 Å². The predicted octanol–water partition coefficient (Wildman–Crippen LogP) is 2.98. The quantitative estimate of drug-likeness (QED) is 0.845. The van der Waals surface area contributed by atoms with Crippen molar-refractivity contribution in [2.24, 2.45) is 5.92 Å². The number of aromatic nitrogens is 1. The van der Waals surface area contributed by atoms with Crippen LogP contribution >= 0.6 is 11.6 Å². The fraction of sp³-hybridized carbons (Fsp3) is 0.278. The summed E-state index contributed by atoms with van der Waals surface area (Å²) in [5.41, 5.74) is 1.13. The molecule has 0 saturated carbocycles. The van der Waals surface area contributed by atoms with Gasteiger partial charge < -0.3 is 10.6 Å². The van der Waals surface area contributed by atoms with Crippen LogP contribution in [0.2, 0.25) is 5.02 Å². The predicted molar refractivity (Wildman–Crippen MR) is 93.7 cm³/mol. The van der Waals surface area contributed by atoms with Crippen molar-refractivity contribution in [2.75, 3.05) is 6.54 Å². The molecule has 2 N–H and O–H groups in total. The normalized spacial score (nSPS) is 11.8. The van der Waals surface area contributed by atoms with Gasteiger partial charge in [0.1, 0.15) is 0 Å². The van der Waals surface area contributed by atoms with E-state index in [4.69, 9.17) is 11.6 Å². The molecule has 0 aliphatic carbocycles. The van der Waals surface area contributed by atoms with Gasteiger partial charge in [0.2, 0.25) is 5.91 Å². The van der Waals surface area contributed by atoms with Crippen LogP contribution in [0.3, 0.4) is 0 Å². The number of hydrogen-bond acceptors (Lipinski definition) is 3. The number of rotatable bonds is 6. The zero-order valence-corrected chi connectivity index (χ0v) is 14.4. The number of nitrogens with zero attached hydrogens (tertiary/aromatic N) is 1. The van der Waals surface area contributed by atoms with E-state index in [2.05, 4.69) is 15.6 Å². The molecule has 5 nitrogen and oxygen atoms in total. The third-order valence-electron chi connectivity index (χ3n) is 3.52. The molecule has 2 rings (SSSR count). The maximum Gasteiger partial charge on any atom is 0.253 e. The summed E-state index contributed by atoms with van der Waals surface area (Å²) in [6, 6.07) is 12.1. The van der Waals surface area contributed by atoms with Crippen molar-refractivity contribution in [3.8, 4) is 0 Å². The van der Waals surface area contributed by atoms with Crippen LogP contribution in [0.25, 0.3) is 0 Å². The first-order valence-electron chi connectivity index (χ1n) is 7.72. The minimum atomic E-state index is -0.380. The second-order valence-electron chi connectivity index (χ2n) is 5.71. The van der Waals surface area contributed by atoms with E-state index in [1.54, 1.807) is 30.5 Å². The Labute approximate surface area is 146 Å². The number of amides is 2. The second-order valence-corrected chi connectivity index (χ2v) is 6.11. The summed E-state index contributed by atoms with van der Waals surface area (Å²) in [6.45, 7) is 3.88. The molecule has 1 atom stereocenters. The van der Waals surface area contributed by atoms with E-state index in [-0.39, 0.29) is 30.3 Å². The van der Waals surface area contributed by atoms with E-state index >= 15 is 0 Å². The molecule has 0 radical (unpaired) electrons. The van der Waals surface area contributed by atoms with E-state index in [0.717, 1.165) is 5.69 Å². The van der Waals surface area contributed by atoms with Crippen molar-refractivity contribution in [1.29, 1.82) is 0 Å². The van der Waals surface area contributed by atoms with E-state index in [0.29, 0.717) is 10.6 Å². The smallest absolute Gasteiger partial charge is 0.253 e. The molecular formula is C18H20ClN3O2. The first kappa shape index (κ1) is 17.9. The first-order chi connectivity index (χ1) is 11.5. The average molecular weight is 346 g/mol. The lowest BCUT2D eigenvalue weighted by Gasteiger charge is -2.22. The molecule has 0 spiro atoms. The number of carbonyl (C=O) groups is 2. The summed E-state index contributed by atoms with van der Waals surface area (Å²) < 4.78 is 0. The van der Waals surface area contributed by atoms with Crippen LogP contribution in [0, 0.1) is 5.92 Å². The van der Waals surface area contributed by atoms with Gasteiger partial charge in [-0.3, -0.25) is 14.6 Å². The molecule has 6 heteroatoms. The topological polar surface area (TPSA) is 71.1 Å². The summed E-state index contributed by atoms with van der Waals surface area (Å²) in [4.78, 5) is 28.5. The van der Waals surface area contributed by atoms with Gasteiger partial charge in [0.25, 0.3) is 5.91 Å². The van der Waals surface area contributed by atoms with Gasteiger partial charge in [-0.05, 0) is 30.2 Å². The van der Waals surface area contributed by atoms with Crippen molar-refractivity contribution in [3.05, 3.63) is 64.9 Å². The van der Waals surface area contributed by atoms with Gasteiger partial charge >= 0.3 is 0 Å². The Bertz CT molecular complexity index is 704. The summed E-state index contributed by atoms with van der Waals surface area (Å²) >= 11 is 5.97. The fourth-order valence-corrected chi connectivity index (χ4v) is 2.49. The molecule has 0 saturated heterocycles. The number of carbonyl (C=O) groups excluding carboxylic acids is 2. The van der Waals surface area contributed by atoms with Crippen LogP contribution in [-0.2, 0) is 4.79 Å². The van der Waals surface area contributed by atoms with E-state index < -0.39 is 0 Å². The summed E-state index contributed by atoms with van der Waals surface area (Å²) in [6.07, 6.45) is 1.69. The van der Waals surface area contributed by atoms with Crippen LogP contribution < -0.4 is 10.6 Å². The third-order valence-corrected chi connectivity index (χ3v) is 3.85. The fourth-order valence-electron chi connectivity index (χ4n) is 2.27. The van der Waals surface area contributed by atoms with Gasteiger partial charge in [-0.15, -0.1) is 0 Å². The summed E-state index contributed by atoms with van der Waals surface area (Å²) in [5, 5.41) is 5.84. The minimum Gasteiger partial charge on any atom is -0.346 e. The number of nitrogens with one attached hydrogen (secondary N) is 2. The van der Waals surface area contributed by atoms with Gasteiger partial charge in [-0.1, -0.05) is 43.6 Å². The van der Waals surface area contributed by atoms with E-state index in [1.165, 1.54) is 0 Å². The van der Waals surface area contributed by atoms with Crippen molar-refractivity contribution >= 4 is 23.4 Å². The third kappa shape index (κ3) is 4.80. The second kappa shape index (κ2) is 8.45. The van der Waals surface area contributed by atoms with Crippen molar-refractivity contribution < 1.29 is 9.59 Å². The van der Waals surface area contributed by atoms with Gasteiger partial charge in [0.15, 0.2) is 0 Å². The summed E-state index contributed by atoms with van der Waals surface area (Å²) in [7, 11) is 0. The lowest BCUT2D eigenvalue weighted by molar-refractivity contribution is -0.121. The molecule has 0 fully saturated rings. The zero-order chi connectivity index (χ0) is 17.5. The Kier molecular flexibility index (Phi) is 6.32. The lowest BCUT2D eigenvalue weighted by atomic mass is 10.0. The Hall–Kier alpha value is -2.40. The molecule has 1 unspecified atom stereocenters. The standard InChI is InChI=1S/C18H20ClN3O2/c1-12(2)17(15-9-5-6-10-20-15)22-16(23)11-21-18(24)13-7-3-4-8-14(13)19/h3-10,12,17H,11H2,1-2H3,(H,21,24)(H,22,23). The Morgan fingerprint density at radius 1 is 1.12 bits per heavy atom. The Morgan fingerprint density at radius 2 is 1.83 bits per heavy atom. The maximum absolute atomic E-state index is 12.2. The highest BCUT2D eigenvalue weighted by molar-refractivity contribution is 6.33. The zero-order valence-electron chi connectivity index (χ0n) is 13.6. The van der Waals surface area contributed by atoms with Crippen molar-refractivity contribution in [2.45, 2.75) is 19.9 Å². The molecule has 2 amide bonds. The van der Waals surface area contributed by atoms with Crippen LogP contribution in [0.5, 0.6) is 0 Å². The van der Waals surface area contributed by atoms with Crippen LogP contribution in [-0.4, -0.2) is 23.3 Å². The maximum atomic E-state index is 12.2. The number of benzene rings is 1. The highest BCUT2D eigenvalue weighted by Crippen LogP contribution is 2.19. The van der Waals surface area contributed by atoms with E-state index in [9.17, 15) is 9.59 Å². The van der Waals surface area contributed by atoms with Gasteiger partial charge in [0, 0.05) is 6.20 Å². The average Bonchev–Trinajstić information content (AvgIpc) is 2.58. The SMILES string of the molecule is CC(C)C(NC(=O)CNC(=O)c1ccccc1Cl)c1ccccn1. The number of halogens is 1. The molecule has 2 aromatic rings. The molecular weight excluding hydrogens is 326 g/mol. The van der Waals surface area contributed by atoms with Crippen molar-refractivity contribution in [1.82, 2.24) is 15.6 Å². The largest absolute Gasteiger partial charge is 0.346 e. The van der Waals surface area contributed by atoms with Gasteiger partial charge in [0.05, 0.1) is 28.9 Å². The lowest BCUT2D eigenvalue weighted by Crippen LogP contribution is -2.40. The van der Waals surface area contributed by atoms with Gasteiger partial charge in [-0.2, -0.15) is 0 Å². The summed E-state index contributed by atoms with van der Waals surface area (Å²) in [5.74, 6) is -0.488. The molecule has 0 aliphatic heterocycles. The molecule has 0 bridgehead atoms. The molecule has 24 heavy (non-hydrogen) atoms. The highest BCUT2D eigenvalue weighted by Gasteiger charge is 2.20. The molecule has 1 aromatic heterocycles. The number of pyridine rings is 1. The molecule has 126 valence electrons. The van der Waals surface area contributed by atoms with Crippen LogP contribution in [0.1, 0.15) is 35.9 Å². The molecule has 0 aliphatic rings. The van der Waals surface area contributed by atoms with Crippen LogP contribution in [0.4, 0.5) is 0 Å². The molecule has 1 heterocycles. The molecule has 1 aromatic carbocycles. The van der Waals surface area contributed by atoms with Crippen LogP contribution in [0.15, 0.2) is 48.7 Å². The Balaban J connectivity index is 1.95. The highest BCUT2D eigenvalue weighted by atomic mass is 35.5. The number of hydrogen-bond donors (Lipinski definition) is 2. The minimum absolute atomic E-state index is 0.125.